The zero-order valence-electron chi connectivity index (χ0n) is 11.8. The van der Waals surface area contributed by atoms with Crippen molar-refractivity contribution in [2.75, 3.05) is 14.2 Å². The Kier molecular flexibility index (Phi) is 3.80. The highest BCUT2D eigenvalue weighted by Gasteiger charge is 2.11. The fourth-order valence-electron chi connectivity index (χ4n) is 2.34. The lowest BCUT2D eigenvalue weighted by Crippen LogP contribution is -1.92. The van der Waals surface area contributed by atoms with Gasteiger partial charge in [0.15, 0.2) is 11.5 Å². The topological polar surface area (TPSA) is 31.4 Å². The fraction of sp³-hybridized carbons (Fsp3) is 0.118. The third-order valence-corrected chi connectivity index (χ3v) is 3.91. The van der Waals surface area contributed by atoms with E-state index in [4.69, 9.17) is 9.47 Å². The summed E-state index contributed by atoms with van der Waals surface area (Å²) in [6.07, 6.45) is 1.81. The first-order valence-corrected chi connectivity index (χ1v) is 7.29. The average molecular weight is 344 g/mol. The molecule has 0 aliphatic rings. The number of rotatable bonds is 3. The van der Waals surface area contributed by atoms with Crippen LogP contribution in [0.2, 0.25) is 0 Å². The van der Waals surface area contributed by atoms with Gasteiger partial charge in [-0.25, -0.2) is 0 Å². The Bertz CT molecular complexity index is 785. The first-order valence-electron chi connectivity index (χ1n) is 6.49. The van der Waals surface area contributed by atoms with E-state index >= 15 is 0 Å². The minimum Gasteiger partial charge on any atom is -0.493 e. The number of hydrogen-bond donors (Lipinski definition) is 0. The maximum Gasteiger partial charge on any atom is 0.161 e. The number of halogens is 1. The van der Waals surface area contributed by atoms with Gasteiger partial charge in [-0.05, 0) is 35.7 Å². The summed E-state index contributed by atoms with van der Waals surface area (Å²) in [6.45, 7) is 0. The number of nitrogens with zero attached hydrogens (tertiary/aromatic N) is 1. The largest absolute Gasteiger partial charge is 0.493 e. The lowest BCUT2D eigenvalue weighted by Gasteiger charge is -2.11. The Morgan fingerprint density at radius 1 is 0.905 bits per heavy atom. The first kappa shape index (κ1) is 13.9. The van der Waals surface area contributed by atoms with Crippen LogP contribution in [0.15, 0.2) is 53.1 Å². The summed E-state index contributed by atoms with van der Waals surface area (Å²) in [5, 5.41) is 2.11. The van der Waals surface area contributed by atoms with Crippen molar-refractivity contribution in [2.45, 2.75) is 0 Å². The Hall–Kier alpha value is -2.07. The van der Waals surface area contributed by atoms with Gasteiger partial charge in [0.05, 0.1) is 19.9 Å². The number of fused-ring (bicyclic) bond motifs is 1. The first-order chi connectivity index (χ1) is 10.2. The second-order valence-electron chi connectivity index (χ2n) is 4.59. The van der Waals surface area contributed by atoms with Crippen molar-refractivity contribution in [1.82, 2.24) is 4.98 Å². The molecule has 0 spiro atoms. The molecule has 0 saturated heterocycles. The zero-order chi connectivity index (χ0) is 14.8. The molecule has 0 amide bonds. The van der Waals surface area contributed by atoms with Gasteiger partial charge in [-0.2, -0.15) is 0 Å². The molecule has 0 atom stereocenters. The van der Waals surface area contributed by atoms with Gasteiger partial charge in [0.25, 0.3) is 0 Å². The summed E-state index contributed by atoms with van der Waals surface area (Å²) in [4.78, 5) is 4.53. The lowest BCUT2D eigenvalue weighted by molar-refractivity contribution is 0.356. The van der Waals surface area contributed by atoms with Crippen molar-refractivity contribution in [3.05, 3.63) is 53.1 Å². The van der Waals surface area contributed by atoms with E-state index in [-0.39, 0.29) is 0 Å². The number of ether oxygens (including phenoxy) is 2. The number of benzene rings is 2. The Labute approximate surface area is 131 Å². The van der Waals surface area contributed by atoms with Crippen molar-refractivity contribution in [3.63, 3.8) is 0 Å². The third kappa shape index (κ3) is 2.59. The Balaban J connectivity index is 2.26. The van der Waals surface area contributed by atoms with E-state index in [1.165, 1.54) is 0 Å². The van der Waals surface area contributed by atoms with Gasteiger partial charge in [0.1, 0.15) is 0 Å². The molecule has 1 heterocycles. The highest BCUT2D eigenvalue weighted by atomic mass is 79.9. The molecule has 0 aliphatic heterocycles. The minimum atomic E-state index is 0.705. The van der Waals surface area contributed by atoms with Crippen LogP contribution in [0, 0.1) is 0 Å². The summed E-state index contributed by atoms with van der Waals surface area (Å²) in [5.41, 5.74) is 2.00. The molecule has 0 bridgehead atoms. The van der Waals surface area contributed by atoms with E-state index in [2.05, 4.69) is 20.9 Å². The van der Waals surface area contributed by atoms with Crippen LogP contribution >= 0.6 is 15.9 Å². The molecule has 106 valence electrons. The van der Waals surface area contributed by atoms with Crippen LogP contribution in [-0.2, 0) is 0 Å². The number of pyridine rings is 1. The molecule has 3 nitrogen and oxygen atoms in total. The smallest absolute Gasteiger partial charge is 0.161 e. The molecule has 0 N–H and O–H groups in total. The van der Waals surface area contributed by atoms with Crippen LogP contribution in [-0.4, -0.2) is 19.2 Å². The van der Waals surface area contributed by atoms with Crippen molar-refractivity contribution in [2.24, 2.45) is 0 Å². The summed E-state index contributed by atoms with van der Waals surface area (Å²) in [5.74, 6) is 1.43. The zero-order valence-corrected chi connectivity index (χ0v) is 13.3. The second kappa shape index (κ2) is 5.74. The maximum absolute atomic E-state index is 5.39. The van der Waals surface area contributed by atoms with E-state index < -0.39 is 0 Å². The summed E-state index contributed by atoms with van der Waals surface area (Å²) >= 11 is 3.45. The van der Waals surface area contributed by atoms with Gasteiger partial charge in [0, 0.05) is 21.6 Å². The molecule has 3 rings (SSSR count). The van der Waals surface area contributed by atoms with E-state index in [0.29, 0.717) is 5.75 Å². The van der Waals surface area contributed by atoms with Crippen LogP contribution in [0.25, 0.3) is 22.0 Å². The molecule has 2 aromatic carbocycles. The van der Waals surface area contributed by atoms with Crippen LogP contribution in [0.4, 0.5) is 0 Å². The molecule has 0 aliphatic carbocycles. The van der Waals surface area contributed by atoms with Crippen LogP contribution < -0.4 is 9.47 Å². The molecule has 3 aromatic rings. The lowest BCUT2D eigenvalue weighted by atomic mass is 10.0. The van der Waals surface area contributed by atoms with Gasteiger partial charge >= 0.3 is 0 Å². The standard InChI is InChI=1S/C17H14BrNO2/c1-20-15-9-12-7-8-19-17(14(12)10-16(15)21-2)11-3-5-13(18)6-4-11/h3-10H,1-2H3. The van der Waals surface area contributed by atoms with Gasteiger partial charge in [-0.15, -0.1) is 0 Å². The third-order valence-electron chi connectivity index (χ3n) is 3.39. The molecule has 21 heavy (non-hydrogen) atoms. The second-order valence-corrected chi connectivity index (χ2v) is 5.51. The van der Waals surface area contributed by atoms with E-state index in [9.17, 15) is 0 Å². The van der Waals surface area contributed by atoms with Gasteiger partial charge in [0.2, 0.25) is 0 Å². The van der Waals surface area contributed by atoms with Crippen molar-refractivity contribution in [1.29, 1.82) is 0 Å². The number of methoxy groups -OCH3 is 2. The molecule has 0 fully saturated rings. The monoisotopic (exact) mass is 343 g/mol. The Morgan fingerprint density at radius 2 is 1.57 bits per heavy atom. The van der Waals surface area contributed by atoms with Crippen LogP contribution in [0.1, 0.15) is 0 Å². The van der Waals surface area contributed by atoms with E-state index in [0.717, 1.165) is 32.3 Å². The average Bonchev–Trinajstić information content (AvgIpc) is 2.53. The normalized spacial score (nSPS) is 10.6. The number of hydrogen-bond acceptors (Lipinski definition) is 3. The van der Waals surface area contributed by atoms with Gasteiger partial charge in [-0.3, -0.25) is 4.98 Å². The predicted molar refractivity (Wildman–Crippen MR) is 88.0 cm³/mol. The highest BCUT2D eigenvalue weighted by molar-refractivity contribution is 9.10. The van der Waals surface area contributed by atoms with E-state index in [1.807, 2.05) is 48.7 Å². The van der Waals surface area contributed by atoms with Gasteiger partial charge < -0.3 is 9.47 Å². The Morgan fingerprint density at radius 3 is 2.24 bits per heavy atom. The summed E-state index contributed by atoms with van der Waals surface area (Å²) in [6, 6.07) is 14.0. The van der Waals surface area contributed by atoms with E-state index in [1.54, 1.807) is 14.2 Å². The minimum absolute atomic E-state index is 0.705. The molecule has 4 heteroatoms. The van der Waals surface area contributed by atoms with Gasteiger partial charge in [-0.1, -0.05) is 28.1 Å². The van der Waals surface area contributed by atoms with Crippen molar-refractivity contribution in [3.8, 4) is 22.8 Å². The molecular weight excluding hydrogens is 330 g/mol. The summed E-state index contributed by atoms with van der Waals surface area (Å²) < 4.78 is 11.8. The van der Waals surface area contributed by atoms with Crippen molar-refractivity contribution < 1.29 is 9.47 Å². The fourth-order valence-corrected chi connectivity index (χ4v) is 2.60. The van der Waals surface area contributed by atoms with Crippen LogP contribution in [0.5, 0.6) is 11.5 Å². The number of aromatic nitrogens is 1. The molecule has 0 radical (unpaired) electrons. The summed E-state index contributed by atoms with van der Waals surface area (Å²) in [7, 11) is 3.28. The molecule has 1 aromatic heterocycles. The van der Waals surface area contributed by atoms with Crippen molar-refractivity contribution >= 4 is 26.7 Å². The quantitative estimate of drug-likeness (QED) is 0.691. The SMILES string of the molecule is COc1cc2ccnc(-c3ccc(Br)cc3)c2cc1OC. The highest BCUT2D eigenvalue weighted by Crippen LogP contribution is 2.36. The maximum atomic E-state index is 5.39. The van der Waals surface area contributed by atoms with Crippen LogP contribution in [0.3, 0.4) is 0 Å². The predicted octanol–water partition coefficient (Wildman–Crippen LogP) is 4.68. The molecule has 0 saturated carbocycles. The molecule has 0 unspecified atom stereocenters. The molecular formula is C17H14BrNO2.